The predicted octanol–water partition coefficient (Wildman–Crippen LogP) is 3.87. The van der Waals surface area contributed by atoms with E-state index in [2.05, 4.69) is 28.1 Å². The highest BCUT2D eigenvalue weighted by Crippen LogP contribution is 2.27. The third kappa shape index (κ3) is 2.94. The van der Waals surface area contributed by atoms with Crippen molar-refractivity contribution < 1.29 is 4.39 Å². The first-order valence-corrected chi connectivity index (χ1v) is 5.01. The molecule has 0 spiro atoms. The quantitative estimate of drug-likeness (QED) is 0.690. The predicted molar refractivity (Wildman–Crippen MR) is 53.3 cm³/mol. The van der Waals surface area contributed by atoms with E-state index in [0.717, 1.165) is 6.42 Å². The summed E-state index contributed by atoms with van der Waals surface area (Å²) >= 11 is 3.52. The van der Waals surface area contributed by atoms with Gasteiger partial charge in [-0.3, -0.25) is 4.39 Å². The Kier molecular flexibility index (Phi) is 4.30. The summed E-state index contributed by atoms with van der Waals surface area (Å²) in [7, 11) is 0. The number of alkyl halides is 2. The van der Waals surface area contributed by atoms with E-state index in [9.17, 15) is 4.39 Å². The summed E-state index contributed by atoms with van der Waals surface area (Å²) in [6.45, 7) is -0.227. The molecule has 66 valence electrons. The molecule has 0 nitrogen and oxygen atoms in total. The molecule has 0 aliphatic rings. The van der Waals surface area contributed by atoms with Gasteiger partial charge in [0.15, 0.2) is 0 Å². The van der Waals surface area contributed by atoms with Crippen molar-refractivity contribution in [2.75, 3.05) is 6.67 Å². The van der Waals surface area contributed by atoms with Crippen molar-refractivity contribution in [1.29, 1.82) is 0 Å². The molecule has 0 fully saturated rings. The standard InChI is InChI=1S/C10H12BrF/c11-10(7-4-8-12)9-5-2-1-3-6-9/h1-3,5-6,10H,4,7-8H2. The van der Waals surface area contributed by atoms with Gasteiger partial charge in [0.25, 0.3) is 0 Å². The zero-order chi connectivity index (χ0) is 8.81. The van der Waals surface area contributed by atoms with Crippen LogP contribution in [0.25, 0.3) is 0 Å². The van der Waals surface area contributed by atoms with E-state index in [1.54, 1.807) is 0 Å². The van der Waals surface area contributed by atoms with Crippen LogP contribution in [0.5, 0.6) is 0 Å². The average Bonchev–Trinajstić information content (AvgIpc) is 2.15. The second-order valence-corrected chi connectivity index (χ2v) is 3.81. The van der Waals surface area contributed by atoms with Gasteiger partial charge in [-0.1, -0.05) is 46.3 Å². The lowest BCUT2D eigenvalue weighted by atomic mass is 10.1. The lowest BCUT2D eigenvalue weighted by Gasteiger charge is -2.07. The molecule has 0 saturated carbocycles. The van der Waals surface area contributed by atoms with E-state index in [1.807, 2.05) is 18.2 Å². The van der Waals surface area contributed by atoms with Gasteiger partial charge in [-0.2, -0.15) is 0 Å². The zero-order valence-corrected chi connectivity index (χ0v) is 8.43. The van der Waals surface area contributed by atoms with Crippen LogP contribution in [0.4, 0.5) is 4.39 Å². The third-order valence-corrected chi connectivity index (χ3v) is 2.74. The van der Waals surface area contributed by atoms with Crippen LogP contribution in [0.3, 0.4) is 0 Å². The zero-order valence-electron chi connectivity index (χ0n) is 6.84. The van der Waals surface area contributed by atoms with E-state index < -0.39 is 0 Å². The molecule has 0 aliphatic heterocycles. The minimum absolute atomic E-state index is 0.227. The van der Waals surface area contributed by atoms with Crippen molar-refractivity contribution in [2.24, 2.45) is 0 Å². The Morgan fingerprint density at radius 3 is 2.50 bits per heavy atom. The van der Waals surface area contributed by atoms with Gasteiger partial charge in [-0.15, -0.1) is 0 Å². The number of halogens is 2. The molecule has 12 heavy (non-hydrogen) atoms. The molecule has 1 atom stereocenters. The minimum Gasteiger partial charge on any atom is -0.251 e. The van der Waals surface area contributed by atoms with E-state index in [4.69, 9.17) is 0 Å². The summed E-state index contributed by atoms with van der Waals surface area (Å²) in [5, 5.41) is 0. The van der Waals surface area contributed by atoms with Crippen molar-refractivity contribution in [2.45, 2.75) is 17.7 Å². The molecule has 0 amide bonds. The number of hydrogen-bond donors (Lipinski definition) is 0. The van der Waals surface area contributed by atoms with E-state index in [1.165, 1.54) is 5.56 Å². The number of benzene rings is 1. The molecule has 1 unspecified atom stereocenters. The first-order valence-electron chi connectivity index (χ1n) is 4.09. The summed E-state index contributed by atoms with van der Waals surface area (Å²) in [6.07, 6.45) is 1.49. The summed E-state index contributed by atoms with van der Waals surface area (Å²) < 4.78 is 11.8. The topological polar surface area (TPSA) is 0 Å². The molecule has 1 aromatic rings. The fourth-order valence-corrected chi connectivity index (χ4v) is 1.71. The third-order valence-electron chi connectivity index (χ3n) is 1.75. The molecule has 1 aromatic carbocycles. The lowest BCUT2D eigenvalue weighted by Crippen LogP contribution is -1.89. The fourth-order valence-electron chi connectivity index (χ4n) is 1.08. The van der Waals surface area contributed by atoms with Crippen LogP contribution in [-0.2, 0) is 0 Å². The number of rotatable bonds is 4. The van der Waals surface area contributed by atoms with Gasteiger partial charge < -0.3 is 0 Å². The van der Waals surface area contributed by atoms with Crippen molar-refractivity contribution in [3.63, 3.8) is 0 Å². The second kappa shape index (κ2) is 5.31. The SMILES string of the molecule is FCCCC(Br)c1ccccc1. The van der Waals surface area contributed by atoms with Gasteiger partial charge in [-0.05, 0) is 18.4 Å². The van der Waals surface area contributed by atoms with Crippen LogP contribution in [0.15, 0.2) is 30.3 Å². The van der Waals surface area contributed by atoms with Crippen LogP contribution < -0.4 is 0 Å². The van der Waals surface area contributed by atoms with Crippen molar-refractivity contribution in [1.82, 2.24) is 0 Å². The highest BCUT2D eigenvalue weighted by Gasteiger charge is 2.04. The molecule has 1 rings (SSSR count). The summed E-state index contributed by atoms with van der Waals surface area (Å²) in [5.74, 6) is 0. The van der Waals surface area contributed by atoms with Crippen LogP contribution >= 0.6 is 15.9 Å². The minimum atomic E-state index is -0.227. The molecule has 0 saturated heterocycles. The fraction of sp³-hybridized carbons (Fsp3) is 0.400. The highest BCUT2D eigenvalue weighted by atomic mass is 79.9. The average molecular weight is 231 g/mol. The van der Waals surface area contributed by atoms with Crippen molar-refractivity contribution in [3.05, 3.63) is 35.9 Å². The first-order chi connectivity index (χ1) is 5.84. The highest BCUT2D eigenvalue weighted by molar-refractivity contribution is 9.09. The lowest BCUT2D eigenvalue weighted by molar-refractivity contribution is 0.461. The van der Waals surface area contributed by atoms with Gasteiger partial charge in [-0.25, -0.2) is 0 Å². The van der Waals surface area contributed by atoms with Crippen molar-refractivity contribution >= 4 is 15.9 Å². The van der Waals surface area contributed by atoms with Gasteiger partial charge in [0.05, 0.1) is 6.67 Å². The Bertz CT molecular complexity index is 210. The second-order valence-electron chi connectivity index (χ2n) is 2.71. The summed E-state index contributed by atoms with van der Waals surface area (Å²) in [5.41, 5.74) is 1.23. The van der Waals surface area contributed by atoms with Gasteiger partial charge in [0, 0.05) is 4.83 Å². The Hall–Kier alpha value is -0.370. The molecule has 2 heteroatoms. The Morgan fingerprint density at radius 2 is 1.92 bits per heavy atom. The monoisotopic (exact) mass is 230 g/mol. The van der Waals surface area contributed by atoms with Crippen LogP contribution in [0.2, 0.25) is 0 Å². The maximum Gasteiger partial charge on any atom is 0.0895 e. The van der Waals surface area contributed by atoms with Gasteiger partial charge in [0.1, 0.15) is 0 Å². The van der Waals surface area contributed by atoms with Crippen LogP contribution in [0, 0.1) is 0 Å². The maximum absolute atomic E-state index is 11.8. The van der Waals surface area contributed by atoms with E-state index >= 15 is 0 Å². The van der Waals surface area contributed by atoms with Crippen LogP contribution in [-0.4, -0.2) is 6.67 Å². The maximum atomic E-state index is 11.8. The molecule has 0 radical (unpaired) electrons. The largest absolute Gasteiger partial charge is 0.251 e. The smallest absolute Gasteiger partial charge is 0.0895 e. The van der Waals surface area contributed by atoms with E-state index in [-0.39, 0.29) is 6.67 Å². The number of hydrogen-bond acceptors (Lipinski definition) is 0. The molecule has 0 aliphatic carbocycles. The van der Waals surface area contributed by atoms with E-state index in [0.29, 0.717) is 11.2 Å². The Labute approximate surface area is 80.9 Å². The molecule has 0 aromatic heterocycles. The Morgan fingerprint density at radius 1 is 1.25 bits per heavy atom. The van der Waals surface area contributed by atoms with Gasteiger partial charge >= 0.3 is 0 Å². The molecule has 0 bridgehead atoms. The van der Waals surface area contributed by atoms with Crippen LogP contribution in [0.1, 0.15) is 23.2 Å². The summed E-state index contributed by atoms with van der Waals surface area (Å²) in [6, 6.07) is 10.1. The molecule has 0 N–H and O–H groups in total. The molecule has 0 heterocycles. The summed E-state index contributed by atoms with van der Waals surface area (Å²) in [4.78, 5) is 0.300. The normalized spacial score (nSPS) is 12.8. The Balaban J connectivity index is 2.48. The van der Waals surface area contributed by atoms with Crippen molar-refractivity contribution in [3.8, 4) is 0 Å². The first kappa shape index (κ1) is 9.72. The molecular formula is C10H12BrF. The van der Waals surface area contributed by atoms with Gasteiger partial charge in [0.2, 0.25) is 0 Å². The molecular weight excluding hydrogens is 219 g/mol.